The van der Waals surface area contributed by atoms with Gasteiger partial charge in [0.05, 0.1) is 83.6 Å². The molecule has 1 aliphatic heterocycles. The Bertz CT molecular complexity index is 8140. The SMILES string of the molecule is CC(=O)Nc1cccc2c(-c3ccc4[nH]nc(-c5nc6ccccc6[nH]5)c4c3)cncc12.CC(=O)Nc1cccc2c(-c3ccc4c(c3)c(-c3nc5ccccc5[nH]3)nn4C)cncc12.CC(=O)Nc1cccc2c(Br)cncc12.CC(=O)Nc1cccc2c(Br)cncc12.Cn1nc(-c2nc3ccccc3[nH]2)c2cc(B3OC(C)(C)C(C)(C)O3)ccc21.Nc1cccc2c(Br)cncc12. The fourth-order valence-electron chi connectivity index (χ4n) is 16.3. The average molecular weight is 1980 g/mol. The predicted molar refractivity (Wildman–Crippen MR) is 550 cm³/mol. The van der Waals surface area contributed by atoms with Gasteiger partial charge in [-0.3, -0.25) is 58.6 Å². The highest BCUT2D eigenvalue weighted by Gasteiger charge is 2.52. The Morgan fingerprint density at radius 1 is 0.356 bits per heavy atom. The molecule has 0 aliphatic carbocycles. The highest BCUT2D eigenvalue weighted by molar-refractivity contribution is 9.11. The first-order chi connectivity index (χ1) is 65.2. The number of nitrogens with zero attached hydrogens (tertiary/aromatic N) is 13. The van der Waals surface area contributed by atoms with E-state index in [0.717, 1.165) is 224 Å². The molecule has 23 rings (SSSR count). The molecule has 668 valence electrons. The summed E-state index contributed by atoms with van der Waals surface area (Å²) in [7, 11) is 3.48. The monoisotopic (exact) mass is 1970 g/mol. The molecule has 11 aromatic heterocycles. The summed E-state index contributed by atoms with van der Waals surface area (Å²) in [6.07, 6.45) is 17.8. The van der Waals surface area contributed by atoms with Crippen molar-refractivity contribution in [2.45, 2.75) is 66.6 Å². The van der Waals surface area contributed by atoms with E-state index in [-0.39, 0.29) is 34.8 Å². The third-order valence-electron chi connectivity index (χ3n) is 23.4. The van der Waals surface area contributed by atoms with E-state index in [2.05, 4.69) is 189 Å². The second-order valence-electron chi connectivity index (χ2n) is 33.2. The number of rotatable bonds is 10. The van der Waals surface area contributed by atoms with E-state index in [4.69, 9.17) is 40.2 Å². The lowest BCUT2D eigenvalue weighted by Gasteiger charge is -2.32. The van der Waals surface area contributed by atoms with Crippen LogP contribution < -0.4 is 32.5 Å². The first-order valence-corrected chi connectivity index (χ1v) is 45.3. The van der Waals surface area contributed by atoms with Crippen LogP contribution in [0.3, 0.4) is 0 Å². The van der Waals surface area contributed by atoms with Crippen LogP contribution in [0.25, 0.3) is 176 Å². The molecule has 0 saturated carbocycles. The number of carbonyl (C=O) groups excluding carboxylic acids is 4. The second-order valence-corrected chi connectivity index (χ2v) is 35.8. The van der Waals surface area contributed by atoms with Crippen LogP contribution in [0, 0.1) is 0 Å². The second kappa shape index (κ2) is 37.9. The summed E-state index contributed by atoms with van der Waals surface area (Å²) < 4.78 is 19.0. The molecule has 0 unspecified atom stereocenters. The lowest BCUT2D eigenvalue weighted by molar-refractivity contribution is -0.115. The third kappa shape index (κ3) is 18.8. The molecule has 10 N–H and O–H groups in total. The Balaban J connectivity index is 0.000000112. The van der Waals surface area contributed by atoms with Gasteiger partial charge >= 0.3 is 7.12 Å². The molecule has 4 amide bonds. The Morgan fingerprint density at radius 2 is 0.704 bits per heavy atom. The molecule has 12 heterocycles. The van der Waals surface area contributed by atoms with E-state index >= 15 is 0 Å². The van der Waals surface area contributed by atoms with Gasteiger partial charge in [-0.2, -0.15) is 15.3 Å². The number of pyridine rings is 5. The maximum atomic E-state index is 11.6. The largest absolute Gasteiger partial charge is 0.494 e. The molecule has 0 spiro atoms. The van der Waals surface area contributed by atoms with Crippen molar-refractivity contribution in [1.29, 1.82) is 0 Å². The number of carbonyl (C=O) groups is 4. The molecule has 22 aromatic rings. The predicted octanol–water partition coefficient (Wildman–Crippen LogP) is 22.5. The summed E-state index contributed by atoms with van der Waals surface area (Å²) >= 11 is 10.3. The van der Waals surface area contributed by atoms with E-state index in [1.807, 2.05) is 212 Å². The highest BCUT2D eigenvalue weighted by Crippen LogP contribution is 2.42. The molecule has 0 bridgehead atoms. The number of nitrogen functional groups attached to an aromatic ring is 1. The zero-order valence-corrected chi connectivity index (χ0v) is 79.4. The number of benzene rings is 11. The molecule has 135 heavy (non-hydrogen) atoms. The number of anilines is 5. The van der Waals surface area contributed by atoms with E-state index < -0.39 is 7.12 Å². The molecular formula is C103H86BBr3N22O6. The number of nitrogens with one attached hydrogen (secondary N) is 8. The topological polar surface area (TPSA) is 376 Å². The van der Waals surface area contributed by atoms with Gasteiger partial charge in [-0.25, -0.2) is 15.0 Å². The van der Waals surface area contributed by atoms with Crippen molar-refractivity contribution in [2.75, 3.05) is 27.0 Å². The molecular weight excluding hydrogens is 1890 g/mol. The van der Waals surface area contributed by atoms with Crippen LogP contribution in [0.15, 0.2) is 294 Å². The standard InChI is InChI=1S/C26H20N6O.C25H18N6O.C21H23BN4O2.2C11H9BrN2O.C9H7BrN2/c1-15(33)28-21-9-5-6-17-19(13-27-14-20(17)21)16-10-11-24-18(12-16)25(31-32(24)2)26-29-22-7-3-4-8-23(22)30-26;1-14(32)27-20-8-4-5-16-18(12-26-13-19(16)20)15-9-10-21-17(11-15)24(31-30-21)25-28-22-6-2-3-7-23(22)29-25;1-20(2)21(3,4)28-22(27-20)13-10-11-17-14(12-13)18(25-26(17)5)19-23-15-8-6-7-9-16(15)24-19;2*1-7(15)14-11-4-2-3-8-9(11)5-13-6-10(8)12;10-8-5-12-4-7-6(8)2-1-3-9(7)11/h3-14H,1-2H3,(H,28,33)(H,29,30);2-13H,1H3,(H,27,32)(H,28,29)(H,30,31);6-12H,1-5H3,(H,23,24);2*2-6H,1H3,(H,14,15);1-5H,11H2. The molecule has 1 aliphatic rings. The minimum atomic E-state index is -0.405. The number of aromatic nitrogens is 17. The smallest absolute Gasteiger partial charge is 0.399 e. The molecule has 28 nitrogen and oxygen atoms in total. The fourth-order valence-corrected chi connectivity index (χ4v) is 17.7. The molecule has 0 radical (unpaired) electrons. The summed E-state index contributed by atoms with van der Waals surface area (Å²) in [5, 5.41) is 41.3. The van der Waals surface area contributed by atoms with E-state index in [0.29, 0.717) is 0 Å². The Morgan fingerprint density at radius 3 is 1.12 bits per heavy atom. The van der Waals surface area contributed by atoms with E-state index in [9.17, 15) is 19.2 Å². The van der Waals surface area contributed by atoms with Crippen molar-refractivity contribution in [3.05, 3.63) is 294 Å². The molecule has 1 fully saturated rings. The minimum Gasteiger partial charge on any atom is -0.399 e. The van der Waals surface area contributed by atoms with Crippen LogP contribution in [0.5, 0.6) is 0 Å². The van der Waals surface area contributed by atoms with Gasteiger partial charge in [0, 0.05) is 193 Å². The molecule has 1 saturated heterocycles. The van der Waals surface area contributed by atoms with Crippen LogP contribution in [0.1, 0.15) is 55.4 Å². The maximum absolute atomic E-state index is 11.6. The quantitative estimate of drug-likeness (QED) is 0.0453. The van der Waals surface area contributed by atoms with Gasteiger partial charge in [0.1, 0.15) is 17.1 Å². The number of aromatic amines is 4. The van der Waals surface area contributed by atoms with Crippen molar-refractivity contribution in [3.8, 4) is 56.8 Å². The first-order valence-electron chi connectivity index (χ1n) is 43.0. The normalized spacial score (nSPS) is 12.5. The number of amides is 4. The summed E-state index contributed by atoms with van der Waals surface area (Å²) in [6.45, 7) is 14.2. The van der Waals surface area contributed by atoms with Gasteiger partial charge in [-0.15, -0.1) is 0 Å². The number of hydrogen-bond acceptors (Lipinski definition) is 18. The lowest BCUT2D eigenvalue weighted by atomic mass is 9.78. The van der Waals surface area contributed by atoms with Gasteiger partial charge in [0.2, 0.25) is 23.6 Å². The Labute approximate surface area is 797 Å². The molecule has 0 atom stereocenters. The van der Waals surface area contributed by atoms with Gasteiger partial charge < -0.3 is 51.3 Å². The summed E-state index contributed by atoms with van der Waals surface area (Å²) in [5.74, 6) is 1.84. The van der Waals surface area contributed by atoms with Crippen LogP contribution in [0.2, 0.25) is 0 Å². The van der Waals surface area contributed by atoms with Crippen molar-refractivity contribution in [3.63, 3.8) is 0 Å². The number of halogens is 3. The van der Waals surface area contributed by atoms with E-state index in [1.54, 1.807) is 49.6 Å². The number of H-pyrrole nitrogens is 4. The highest BCUT2D eigenvalue weighted by atomic mass is 79.9. The van der Waals surface area contributed by atoms with Gasteiger partial charge in [-0.1, -0.05) is 121 Å². The van der Waals surface area contributed by atoms with Crippen molar-refractivity contribution >= 4 is 232 Å². The minimum absolute atomic E-state index is 0.0810. The number of aryl methyl sites for hydroxylation is 2. The number of hydrogen-bond donors (Lipinski definition) is 9. The number of nitrogens with two attached hydrogens (primary N) is 1. The zero-order valence-electron chi connectivity index (χ0n) is 74.6. The molecule has 11 aromatic carbocycles. The number of para-hydroxylation sites is 6. The summed E-state index contributed by atoms with van der Waals surface area (Å²) in [4.78, 5) is 90.7. The summed E-state index contributed by atoms with van der Waals surface area (Å²) in [5.41, 5.74) is 24.9. The van der Waals surface area contributed by atoms with Gasteiger partial charge in [-0.05, 0) is 200 Å². The number of fused-ring (bicyclic) bond motifs is 11. The van der Waals surface area contributed by atoms with Crippen LogP contribution >= 0.6 is 47.8 Å². The Hall–Kier alpha value is -15.6. The van der Waals surface area contributed by atoms with Gasteiger partial charge in [0.15, 0.2) is 17.5 Å². The van der Waals surface area contributed by atoms with E-state index in [1.165, 1.54) is 27.7 Å². The van der Waals surface area contributed by atoms with Crippen molar-refractivity contribution in [1.82, 2.24) is 84.6 Å². The first kappa shape index (κ1) is 90.0. The summed E-state index contributed by atoms with van der Waals surface area (Å²) in [6, 6.07) is 71.6. The fraction of sp³-hybridized carbons (Fsp3) is 0.117. The molecule has 32 heteroatoms. The van der Waals surface area contributed by atoms with Crippen LogP contribution in [0.4, 0.5) is 28.4 Å². The third-order valence-corrected chi connectivity index (χ3v) is 25.3. The maximum Gasteiger partial charge on any atom is 0.494 e. The number of imidazole rings is 3. The average Bonchev–Trinajstić information content (AvgIpc) is 1.58. The lowest BCUT2D eigenvalue weighted by Crippen LogP contribution is -2.41. The van der Waals surface area contributed by atoms with Crippen molar-refractivity contribution in [2.24, 2.45) is 14.1 Å². The van der Waals surface area contributed by atoms with Crippen LogP contribution in [-0.2, 0) is 42.6 Å². The van der Waals surface area contributed by atoms with Gasteiger partial charge in [0.25, 0.3) is 0 Å². The zero-order chi connectivity index (χ0) is 94.1. The van der Waals surface area contributed by atoms with Crippen molar-refractivity contribution < 1.29 is 28.5 Å². The van der Waals surface area contributed by atoms with Crippen LogP contribution in [-0.4, -0.2) is 127 Å². The Kier molecular flexibility index (Phi) is 25.3.